The summed E-state index contributed by atoms with van der Waals surface area (Å²) < 4.78 is 0. The van der Waals surface area contributed by atoms with Crippen LogP contribution in [0, 0.1) is 0 Å². The third-order valence-corrected chi connectivity index (χ3v) is 3.61. The van der Waals surface area contributed by atoms with Gasteiger partial charge in [-0.2, -0.15) is 0 Å². The summed E-state index contributed by atoms with van der Waals surface area (Å²) >= 11 is 0. The average Bonchev–Trinajstić information content (AvgIpc) is 2.49. The molecule has 2 rings (SSSR count). The third kappa shape index (κ3) is 3.81. The number of rotatable bonds is 8. The van der Waals surface area contributed by atoms with E-state index in [9.17, 15) is 0 Å². The second-order valence-corrected chi connectivity index (χ2v) is 5.28. The summed E-state index contributed by atoms with van der Waals surface area (Å²) in [5.74, 6) is 0. The van der Waals surface area contributed by atoms with Crippen molar-refractivity contribution in [2.75, 3.05) is 13.1 Å². The van der Waals surface area contributed by atoms with Gasteiger partial charge in [0.1, 0.15) is 0 Å². The van der Waals surface area contributed by atoms with Crippen molar-refractivity contribution in [1.29, 1.82) is 0 Å². The summed E-state index contributed by atoms with van der Waals surface area (Å²) in [6, 6.07) is 13.2. The van der Waals surface area contributed by atoms with Crippen molar-refractivity contribution >= 4 is 10.8 Å². The summed E-state index contributed by atoms with van der Waals surface area (Å²) in [5.41, 5.74) is 2.86. The van der Waals surface area contributed by atoms with Crippen LogP contribution in [0.3, 0.4) is 0 Å². The van der Waals surface area contributed by atoms with E-state index in [0.717, 1.165) is 26.2 Å². The first-order valence-corrected chi connectivity index (χ1v) is 7.77. The second-order valence-electron chi connectivity index (χ2n) is 5.28. The van der Waals surface area contributed by atoms with Crippen LogP contribution in [0.25, 0.3) is 10.8 Å². The third-order valence-electron chi connectivity index (χ3n) is 3.61. The van der Waals surface area contributed by atoms with Crippen LogP contribution in [0.4, 0.5) is 0 Å². The molecule has 0 aliphatic carbocycles. The predicted octanol–water partition coefficient (Wildman–Crippen LogP) is 3.84. The molecule has 0 heterocycles. The first kappa shape index (κ1) is 15.0. The van der Waals surface area contributed by atoms with Gasteiger partial charge in [0, 0.05) is 13.1 Å². The maximum absolute atomic E-state index is 3.55. The van der Waals surface area contributed by atoms with E-state index in [1.165, 1.54) is 34.7 Å². The zero-order valence-corrected chi connectivity index (χ0v) is 12.7. The average molecular weight is 270 g/mol. The summed E-state index contributed by atoms with van der Waals surface area (Å²) in [6.45, 7) is 8.48. The maximum Gasteiger partial charge on any atom is 0.0214 e. The molecule has 0 radical (unpaired) electrons. The number of fused-ring (bicyclic) bond motifs is 1. The summed E-state index contributed by atoms with van der Waals surface area (Å²) in [6.07, 6.45) is 2.35. The van der Waals surface area contributed by atoms with Gasteiger partial charge in [0.25, 0.3) is 0 Å². The fraction of sp³-hybridized carbons (Fsp3) is 0.444. The highest BCUT2D eigenvalue weighted by Crippen LogP contribution is 2.22. The molecule has 0 unspecified atom stereocenters. The fourth-order valence-electron chi connectivity index (χ4n) is 2.55. The van der Waals surface area contributed by atoms with Crippen molar-refractivity contribution in [3.8, 4) is 0 Å². The van der Waals surface area contributed by atoms with E-state index in [-0.39, 0.29) is 0 Å². The quantitative estimate of drug-likeness (QED) is 0.712. The SMILES string of the molecule is CCCNCc1ccc2ccccc2c1CNCCC. The van der Waals surface area contributed by atoms with E-state index in [2.05, 4.69) is 60.9 Å². The normalized spacial score (nSPS) is 11.1. The van der Waals surface area contributed by atoms with E-state index in [1.807, 2.05) is 0 Å². The molecule has 0 fully saturated rings. The molecule has 0 atom stereocenters. The Hall–Kier alpha value is -1.38. The lowest BCUT2D eigenvalue weighted by Gasteiger charge is -2.14. The monoisotopic (exact) mass is 270 g/mol. The number of hydrogen-bond acceptors (Lipinski definition) is 2. The second kappa shape index (κ2) is 8.03. The van der Waals surface area contributed by atoms with Crippen LogP contribution in [0.2, 0.25) is 0 Å². The van der Waals surface area contributed by atoms with E-state index in [0.29, 0.717) is 0 Å². The number of hydrogen-bond donors (Lipinski definition) is 2. The minimum absolute atomic E-state index is 0.957. The van der Waals surface area contributed by atoms with Crippen LogP contribution in [0.5, 0.6) is 0 Å². The van der Waals surface area contributed by atoms with Crippen molar-refractivity contribution in [3.63, 3.8) is 0 Å². The zero-order valence-electron chi connectivity index (χ0n) is 12.7. The van der Waals surface area contributed by atoms with Gasteiger partial charge in [0.15, 0.2) is 0 Å². The molecule has 0 bridgehead atoms. The van der Waals surface area contributed by atoms with E-state index in [4.69, 9.17) is 0 Å². The smallest absolute Gasteiger partial charge is 0.0214 e. The van der Waals surface area contributed by atoms with Crippen molar-refractivity contribution in [2.45, 2.75) is 39.8 Å². The molecule has 2 heteroatoms. The molecule has 0 saturated heterocycles. The van der Waals surface area contributed by atoms with Crippen LogP contribution in [0.15, 0.2) is 36.4 Å². The first-order valence-electron chi connectivity index (χ1n) is 7.77. The van der Waals surface area contributed by atoms with Gasteiger partial charge in [0.05, 0.1) is 0 Å². The highest BCUT2D eigenvalue weighted by molar-refractivity contribution is 5.86. The van der Waals surface area contributed by atoms with Gasteiger partial charge in [-0.1, -0.05) is 50.2 Å². The minimum atomic E-state index is 0.957. The van der Waals surface area contributed by atoms with Gasteiger partial charge >= 0.3 is 0 Å². The molecule has 0 aliphatic heterocycles. The standard InChI is InChI=1S/C18H26N2/c1-3-11-19-13-16-10-9-15-7-5-6-8-17(15)18(16)14-20-12-4-2/h5-10,19-20H,3-4,11-14H2,1-2H3. The fourth-order valence-corrected chi connectivity index (χ4v) is 2.55. The topological polar surface area (TPSA) is 24.1 Å². The van der Waals surface area contributed by atoms with Crippen LogP contribution < -0.4 is 10.6 Å². The predicted molar refractivity (Wildman–Crippen MR) is 87.9 cm³/mol. The minimum Gasteiger partial charge on any atom is -0.313 e. The van der Waals surface area contributed by atoms with Gasteiger partial charge in [-0.15, -0.1) is 0 Å². The van der Waals surface area contributed by atoms with Gasteiger partial charge in [-0.05, 0) is 47.8 Å². The molecule has 2 N–H and O–H groups in total. The summed E-state index contributed by atoms with van der Waals surface area (Å²) in [7, 11) is 0. The van der Waals surface area contributed by atoms with E-state index >= 15 is 0 Å². The Morgan fingerprint density at radius 2 is 1.50 bits per heavy atom. The molecule has 20 heavy (non-hydrogen) atoms. The number of nitrogens with one attached hydrogen (secondary N) is 2. The van der Waals surface area contributed by atoms with E-state index in [1.54, 1.807) is 0 Å². The number of benzene rings is 2. The van der Waals surface area contributed by atoms with Crippen LogP contribution in [-0.2, 0) is 13.1 Å². The molecule has 2 aromatic rings. The summed E-state index contributed by atoms with van der Waals surface area (Å²) in [5, 5.41) is 9.78. The van der Waals surface area contributed by atoms with Crippen molar-refractivity contribution in [2.24, 2.45) is 0 Å². The molecule has 0 saturated carbocycles. The first-order chi connectivity index (χ1) is 9.86. The molecular weight excluding hydrogens is 244 g/mol. The van der Waals surface area contributed by atoms with Gasteiger partial charge in [-0.3, -0.25) is 0 Å². The van der Waals surface area contributed by atoms with Crippen molar-refractivity contribution in [1.82, 2.24) is 10.6 Å². The van der Waals surface area contributed by atoms with Crippen molar-refractivity contribution < 1.29 is 0 Å². The lowest BCUT2D eigenvalue weighted by Crippen LogP contribution is -2.19. The largest absolute Gasteiger partial charge is 0.313 e. The highest BCUT2D eigenvalue weighted by Gasteiger charge is 2.06. The van der Waals surface area contributed by atoms with Gasteiger partial charge < -0.3 is 10.6 Å². The van der Waals surface area contributed by atoms with Gasteiger partial charge in [0.2, 0.25) is 0 Å². The van der Waals surface area contributed by atoms with E-state index < -0.39 is 0 Å². The maximum atomic E-state index is 3.55. The molecule has 108 valence electrons. The molecule has 2 nitrogen and oxygen atoms in total. The molecule has 0 amide bonds. The molecule has 0 spiro atoms. The Labute approximate surface area is 122 Å². The molecule has 0 aliphatic rings. The molecule has 0 aromatic heterocycles. The van der Waals surface area contributed by atoms with Crippen LogP contribution in [-0.4, -0.2) is 13.1 Å². The van der Waals surface area contributed by atoms with Crippen LogP contribution in [0.1, 0.15) is 37.8 Å². The lowest BCUT2D eigenvalue weighted by atomic mass is 9.98. The molecular formula is C18H26N2. The lowest BCUT2D eigenvalue weighted by molar-refractivity contribution is 0.650. The zero-order chi connectivity index (χ0) is 14.2. The Morgan fingerprint density at radius 3 is 2.25 bits per heavy atom. The van der Waals surface area contributed by atoms with Crippen LogP contribution >= 0.6 is 0 Å². The molecule has 2 aromatic carbocycles. The van der Waals surface area contributed by atoms with Crippen molar-refractivity contribution in [3.05, 3.63) is 47.5 Å². The summed E-state index contributed by atoms with van der Waals surface area (Å²) in [4.78, 5) is 0. The Bertz CT molecular complexity index is 534. The Kier molecular flexibility index (Phi) is 6.03. The van der Waals surface area contributed by atoms with Gasteiger partial charge in [-0.25, -0.2) is 0 Å². The Morgan fingerprint density at radius 1 is 0.800 bits per heavy atom. The highest BCUT2D eigenvalue weighted by atomic mass is 14.9. The Balaban J connectivity index is 2.26.